The van der Waals surface area contributed by atoms with Crippen LogP contribution in [0.3, 0.4) is 0 Å². The number of hydrogen-bond acceptors (Lipinski definition) is 4. The largest absolute Gasteiger partial charge is 0.495 e. The predicted molar refractivity (Wildman–Crippen MR) is 77.7 cm³/mol. The maximum absolute atomic E-state index is 11.7. The molecule has 1 aromatic carbocycles. The van der Waals surface area contributed by atoms with Gasteiger partial charge in [0.1, 0.15) is 5.75 Å². The average Bonchev–Trinajstić information content (AvgIpc) is 2.38. The molecule has 0 spiro atoms. The Morgan fingerprint density at radius 3 is 2.74 bits per heavy atom. The summed E-state index contributed by atoms with van der Waals surface area (Å²) in [6.45, 7) is 2.16. The topological polar surface area (TPSA) is 53.6 Å². The van der Waals surface area contributed by atoms with Crippen molar-refractivity contribution in [2.45, 2.75) is 6.42 Å². The monoisotopic (exact) mass is 265 g/mol. The Morgan fingerprint density at radius 2 is 2.05 bits per heavy atom. The van der Waals surface area contributed by atoms with E-state index < -0.39 is 0 Å². The van der Waals surface area contributed by atoms with Crippen LogP contribution in [0.5, 0.6) is 5.75 Å². The molecule has 0 aliphatic heterocycles. The summed E-state index contributed by atoms with van der Waals surface area (Å²) in [6.07, 6.45) is 1.02. The minimum absolute atomic E-state index is 0.0608. The molecule has 0 atom stereocenters. The summed E-state index contributed by atoms with van der Waals surface area (Å²) in [7, 11) is 5.66. The molecule has 19 heavy (non-hydrogen) atoms. The first-order valence-electron chi connectivity index (χ1n) is 6.42. The van der Waals surface area contributed by atoms with E-state index >= 15 is 0 Å². The predicted octanol–water partition coefficient (Wildman–Crippen LogP) is 1.17. The van der Waals surface area contributed by atoms with Crippen molar-refractivity contribution < 1.29 is 9.53 Å². The van der Waals surface area contributed by atoms with Crippen molar-refractivity contribution in [1.82, 2.24) is 10.2 Å². The highest BCUT2D eigenvalue weighted by atomic mass is 16.5. The molecular formula is C14H23N3O2. The van der Waals surface area contributed by atoms with Crippen molar-refractivity contribution in [2.24, 2.45) is 0 Å². The lowest BCUT2D eigenvalue weighted by molar-refractivity contribution is -0.115. The molecule has 1 aromatic rings. The van der Waals surface area contributed by atoms with Crippen molar-refractivity contribution in [3.05, 3.63) is 24.3 Å². The highest BCUT2D eigenvalue weighted by Gasteiger charge is 2.05. The van der Waals surface area contributed by atoms with E-state index in [0.29, 0.717) is 18.0 Å². The SMILES string of the molecule is COc1ccccc1NC(=O)CNCCCN(C)C. The molecule has 0 aliphatic rings. The number of carbonyl (C=O) groups excluding carboxylic acids is 1. The fourth-order valence-corrected chi connectivity index (χ4v) is 1.66. The third kappa shape index (κ3) is 6.22. The molecule has 0 unspecified atom stereocenters. The Bertz CT molecular complexity index is 394. The Hall–Kier alpha value is -1.59. The number of hydrogen-bond donors (Lipinski definition) is 2. The van der Waals surface area contributed by atoms with Gasteiger partial charge in [-0.25, -0.2) is 0 Å². The van der Waals surface area contributed by atoms with Gasteiger partial charge in [-0.2, -0.15) is 0 Å². The summed E-state index contributed by atoms with van der Waals surface area (Å²) in [5.41, 5.74) is 0.699. The molecule has 0 saturated heterocycles. The Balaban J connectivity index is 2.27. The van der Waals surface area contributed by atoms with Gasteiger partial charge in [-0.15, -0.1) is 0 Å². The molecule has 0 saturated carbocycles. The summed E-state index contributed by atoms with van der Waals surface area (Å²) in [6, 6.07) is 7.37. The van der Waals surface area contributed by atoms with Crippen LogP contribution < -0.4 is 15.4 Å². The van der Waals surface area contributed by atoms with E-state index in [1.54, 1.807) is 7.11 Å². The van der Waals surface area contributed by atoms with Crippen molar-refractivity contribution in [3.8, 4) is 5.75 Å². The fourth-order valence-electron chi connectivity index (χ4n) is 1.66. The number of rotatable bonds is 8. The first-order chi connectivity index (χ1) is 9.13. The quantitative estimate of drug-likeness (QED) is 0.693. The lowest BCUT2D eigenvalue weighted by Crippen LogP contribution is -2.30. The van der Waals surface area contributed by atoms with Gasteiger partial charge in [-0.1, -0.05) is 12.1 Å². The summed E-state index contributed by atoms with van der Waals surface area (Å²) in [5.74, 6) is 0.609. The van der Waals surface area contributed by atoms with Gasteiger partial charge in [0.2, 0.25) is 5.91 Å². The third-order valence-corrected chi connectivity index (χ3v) is 2.63. The van der Waals surface area contributed by atoms with Crippen LogP contribution in [0.2, 0.25) is 0 Å². The maximum atomic E-state index is 11.7. The van der Waals surface area contributed by atoms with E-state index in [9.17, 15) is 4.79 Å². The highest BCUT2D eigenvalue weighted by Crippen LogP contribution is 2.22. The van der Waals surface area contributed by atoms with Gasteiger partial charge >= 0.3 is 0 Å². The minimum Gasteiger partial charge on any atom is -0.495 e. The molecule has 0 aliphatic carbocycles. The molecule has 0 heterocycles. The third-order valence-electron chi connectivity index (χ3n) is 2.63. The van der Waals surface area contributed by atoms with E-state index in [1.807, 2.05) is 38.4 Å². The molecule has 0 radical (unpaired) electrons. The van der Waals surface area contributed by atoms with Crippen molar-refractivity contribution in [1.29, 1.82) is 0 Å². The Kier molecular flexibility index (Phi) is 6.92. The van der Waals surface area contributed by atoms with E-state index in [2.05, 4.69) is 15.5 Å². The normalized spacial score (nSPS) is 10.5. The van der Waals surface area contributed by atoms with Gasteiger partial charge in [0.25, 0.3) is 0 Å². The fraction of sp³-hybridized carbons (Fsp3) is 0.500. The summed E-state index contributed by atoms with van der Waals surface area (Å²) < 4.78 is 5.17. The van der Waals surface area contributed by atoms with Gasteiger partial charge in [0.05, 0.1) is 19.3 Å². The summed E-state index contributed by atoms with van der Waals surface area (Å²) >= 11 is 0. The maximum Gasteiger partial charge on any atom is 0.238 e. The van der Waals surface area contributed by atoms with Crippen molar-refractivity contribution in [2.75, 3.05) is 46.2 Å². The lowest BCUT2D eigenvalue weighted by atomic mass is 10.3. The standard InChI is InChI=1S/C14H23N3O2/c1-17(2)10-6-9-15-11-14(18)16-12-7-4-5-8-13(12)19-3/h4-5,7-8,15H,6,9-11H2,1-3H3,(H,16,18). The molecule has 1 amide bonds. The molecule has 0 fully saturated rings. The number of anilines is 1. The Labute approximate surface area is 114 Å². The number of nitrogens with zero attached hydrogens (tertiary/aromatic N) is 1. The molecule has 5 nitrogen and oxygen atoms in total. The second-order valence-electron chi connectivity index (χ2n) is 4.58. The zero-order valence-corrected chi connectivity index (χ0v) is 11.9. The second kappa shape index (κ2) is 8.50. The Morgan fingerprint density at radius 1 is 1.32 bits per heavy atom. The van der Waals surface area contributed by atoms with Crippen LogP contribution in [0, 0.1) is 0 Å². The van der Waals surface area contributed by atoms with Gasteiger partial charge in [0.15, 0.2) is 0 Å². The van der Waals surface area contributed by atoms with Crippen LogP contribution >= 0.6 is 0 Å². The zero-order chi connectivity index (χ0) is 14.1. The molecule has 0 bridgehead atoms. The first-order valence-corrected chi connectivity index (χ1v) is 6.42. The first kappa shape index (κ1) is 15.5. The minimum atomic E-state index is -0.0608. The number of para-hydroxylation sites is 2. The number of nitrogens with one attached hydrogen (secondary N) is 2. The van der Waals surface area contributed by atoms with Crippen LogP contribution in [-0.4, -0.2) is 51.6 Å². The highest BCUT2D eigenvalue weighted by molar-refractivity contribution is 5.93. The van der Waals surface area contributed by atoms with E-state index in [0.717, 1.165) is 19.5 Å². The number of ether oxygens (including phenoxy) is 1. The van der Waals surface area contributed by atoms with Gasteiger partial charge in [-0.05, 0) is 45.7 Å². The number of methoxy groups -OCH3 is 1. The number of benzene rings is 1. The van der Waals surface area contributed by atoms with Crippen LogP contribution in [0.4, 0.5) is 5.69 Å². The van der Waals surface area contributed by atoms with Crippen LogP contribution in [-0.2, 0) is 4.79 Å². The second-order valence-corrected chi connectivity index (χ2v) is 4.58. The van der Waals surface area contributed by atoms with Gasteiger partial charge in [0, 0.05) is 0 Å². The van der Waals surface area contributed by atoms with E-state index in [4.69, 9.17) is 4.74 Å². The van der Waals surface area contributed by atoms with E-state index in [1.165, 1.54) is 0 Å². The molecule has 106 valence electrons. The molecular weight excluding hydrogens is 242 g/mol. The van der Waals surface area contributed by atoms with Crippen LogP contribution in [0.1, 0.15) is 6.42 Å². The van der Waals surface area contributed by atoms with E-state index in [-0.39, 0.29) is 5.91 Å². The molecule has 1 rings (SSSR count). The van der Waals surface area contributed by atoms with Crippen LogP contribution in [0.15, 0.2) is 24.3 Å². The number of amides is 1. The molecule has 0 aromatic heterocycles. The summed E-state index contributed by atoms with van der Waals surface area (Å²) in [4.78, 5) is 13.9. The number of carbonyl (C=O) groups is 1. The lowest BCUT2D eigenvalue weighted by Gasteiger charge is -2.11. The average molecular weight is 265 g/mol. The van der Waals surface area contributed by atoms with Gasteiger partial charge in [-0.3, -0.25) is 4.79 Å². The molecule has 5 heteroatoms. The summed E-state index contributed by atoms with van der Waals surface area (Å²) in [5, 5.41) is 5.94. The van der Waals surface area contributed by atoms with Crippen molar-refractivity contribution >= 4 is 11.6 Å². The van der Waals surface area contributed by atoms with Crippen LogP contribution in [0.25, 0.3) is 0 Å². The van der Waals surface area contributed by atoms with Gasteiger partial charge < -0.3 is 20.3 Å². The zero-order valence-electron chi connectivity index (χ0n) is 11.9. The van der Waals surface area contributed by atoms with Crippen molar-refractivity contribution in [3.63, 3.8) is 0 Å². The smallest absolute Gasteiger partial charge is 0.238 e. The molecule has 2 N–H and O–H groups in total.